The second-order valence-electron chi connectivity index (χ2n) is 4.87. The fraction of sp³-hybridized carbons (Fsp3) is 0.0588. The average Bonchev–Trinajstić information content (AvgIpc) is 2.95. The molecule has 1 N–H and O–H groups in total. The topological polar surface area (TPSA) is 55.1 Å². The predicted molar refractivity (Wildman–Crippen MR) is 80.1 cm³/mol. The van der Waals surface area contributed by atoms with E-state index in [2.05, 4.69) is 5.10 Å². The number of hydrogen-bond donors (Lipinski definition) is 1. The molecule has 0 radical (unpaired) electrons. The molecule has 0 aliphatic rings. The van der Waals surface area contributed by atoms with Gasteiger partial charge in [-0.25, -0.2) is 9.18 Å². The van der Waals surface area contributed by atoms with Crippen LogP contribution in [0.2, 0.25) is 0 Å². The Hall–Kier alpha value is -2.95. The largest absolute Gasteiger partial charge is 0.477 e. The zero-order valence-electron chi connectivity index (χ0n) is 11.6. The second kappa shape index (κ2) is 5.81. The van der Waals surface area contributed by atoms with Crippen LogP contribution >= 0.6 is 0 Å². The van der Waals surface area contributed by atoms with Crippen LogP contribution in [0.5, 0.6) is 0 Å². The number of carbonyl (C=O) groups is 1. The molecule has 0 bridgehead atoms. The van der Waals surface area contributed by atoms with Gasteiger partial charge in [-0.15, -0.1) is 0 Å². The number of nitrogens with zero attached hydrogens (tertiary/aromatic N) is 2. The van der Waals surface area contributed by atoms with Crippen LogP contribution in [0.15, 0.2) is 60.7 Å². The van der Waals surface area contributed by atoms with Crippen LogP contribution in [-0.4, -0.2) is 20.9 Å². The summed E-state index contributed by atoms with van der Waals surface area (Å²) in [7, 11) is 0. The molecule has 0 fully saturated rings. The first-order chi connectivity index (χ1) is 10.6. The fourth-order valence-corrected chi connectivity index (χ4v) is 2.22. The highest BCUT2D eigenvalue weighted by Gasteiger charge is 2.15. The molecule has 0 aliphatic carbocycles. The maximum Gasteiger partial charge on any atom is 0.354 e. The van der Waals surface area contributed by atoms with Gasteiger partial charge in [-0.2, -0.15) is 5.10 Å². The smallest absolute Gasteiger partial charge is 0.354 e. The lowest BCUT2D eigenvalue weighted by atomic mass is 10.1. The lowest BCUT2D eigenvalue weighted by molar-refractivity contribution is 0.0684. The third kappa shape index (κ3) is 2.88. The summed E-state index contributed by atoms with van der Waals surface area (Å²) in [6.45, 7) is 0.273. The van der Waals surface area contributed by atoms with Gasteiger partial charge < -0.3 is 5.11 Å². The van der Waals surface area contributed by atoms with Crippen molar-refractivity contribution in [2.45, 2.75) is 6.54 Å². The number of halogens is 1. The minimum absolute atomic E-state index is 0.100. The molecule has 0 amide bonds. The van der Waals surface area contributed by atoms with Crippen molar-refractivity contribution in [3.8, 4) is 11.3 Å². The first-order valence-electron chi connectivity index (χ1n) is 6.74. The van der Waals surface area contributed by atoms with Gasteiger partial charge in [-0.1, -0.05) is 42.5 Å². The van der Waals surface area contributed by atoms with E-state index in [0.29, 0.717) is 5.69 Å². The number of benzene rings is 2. The number of aromatic nitrogens is 2. The minimum Gasteiger partial charge on any atom is -0.477 e. The normalized spacial score (nSPS) is 10.6. The van der Waals surface area contributed by atoms with Gasteiger partial charge in [-0.3, -0.25) is 4.68 Å². The summed E-state index contributed by atoms with van der Waals surface area (Å²) in [6.07, 6.45) is 0. The standard InChI is InChI=1S/C17H13FN2O2/c18-14-8-6-12(7-9-14)11-20-16(17(21)22)10-15(19-20)13-4-2-1-3-5-13/h1-10H,11H2,(H,21,22). The Bertz CT molecular complexity index is 795. The van der Waals surface area contributed by atoms with Crippen LogP contribution in [0.3, 0.4) is 0 Å². The highest BCUT2D eigenvalue weighted by Crippen LogP contribution is 2.19. The molecule has 1 heterocycles. The van der Waals surface area contributed by atoms with Gasteiger partial charge in [0.25, 0.3) is 0 Å². The third-order valence-corrected chi connectivity index (χ3v) is 3.31. The summed E-state index contributed by atoms with van der Waals surface area (Å²) in [5.41, 5.74) is 2.33. The van der Waals surface area contributed by atoms with Crippen LogP contribution in [0, 0.1) is 5.82 Å². The minimum atomic E-state index is -1.04. The van der Waals surface area contributed by atoms with Crippen molar-refractivity contribution in [2.75, 3.05) is 0 Å². The lowest BCUT2D eigenvalue weighted by Gasteiger charge is -2.04. The van der Waals surface area contributed by atoms with Crippen LogP contribution in [0.4, 0.5) is 4.39 Å². The summed E-state index contributed by atoms with van der Waals surface area (Å²) in [5, 5.41) is 13.7. The van der Waals surface area contributed by atoms with Crippen molar-refractivity contribution in [2.24, 2.45) is 0 Å². The zero-order chi connectivity index (χ0) is 15.5. The second-order valence-corrected chi connectivity index (χ2v) is 4.87. The Balaban J connectivity index is 1.97. The van der Waals surface area contributed by atoms with E-state index in [1.807, 2.05) is 30.3 Å². The van der Waals surface area contributed by atoms with Crippen LogP contribution < -0.4 is 0 Å². The van der Waals surface area contributed by atoms with Crippen LogP contribution in [0.1, 0.15) is 16.1 Å². The number of carboxylic acid groups (broad SMARTS) is 1. The zero-order valence-corrected chi connectivity index (χ0v) is 11.6. The molecule has 3 rings (SSSR count). The van der Waals surface area contributed by atoms with Gasteiger partial charge in [-0.05, 0) is 23.8 Å². The molecule has 0 unspecified atom stereocenters. The van der Waals surface area contributed by atoms with E-state index in [1.165, 1.54) is 16.8 Å². The molecule has 2 aromatic carbocycles. The van der Waals surface area contributed by atoms with Gasteiger partial charge in [0.15, 0.2) is 0 Å². The molecule has 0 spiro atoms. The summed E-state index contributed by atoms with van der Waals surface area (Å²) >= 11 is 0. The van der Waals surface area contributed by atoms with Gasteiger partial charge in [0.2, 0.25) is 0 Å². The van der Waals surface area contributed by atoms with E-state index in [0.717, 1.165) is 11.1 Å². The molecule has 110 valence electrons. The molecule has 22 heavy (non-hydrogen) atoms. The van der Waals surface area contributed by atoms with Crippen molar-refractivity contribution in [1.82, 2.24) is 9.78 Å². The van der Waals surface area contributed by atoms with E-state index in [4.69, 9.17) is 0 Å². The summed E-state index contributed by atoms with van der Waals surface area (Å²) in [5.74, 6) is -1.37. The SMILES string of the molecule is O=C(O)c1cc(-c2ccccc2)nn1Cc1ccc(F)cc1. The Kier molecular flexibility index (Phi) is 3.70. The molecule has 3 aromatic rings. The fourth-order valence-electron chi connectivity index (χ4n) is 2.22. The highest BCUT2D eigenvalue weighted by molar-refractivity contribution is 5.87. The molecule has 0 atom stereocenters. The first-order valence-corrected chi connectivity index (χ1v) is 6.74. The molecule has 1 aromatic heterocycles. The van der Waals surface area contributed by atoms with E-state index in [9.17, 15) is 14.3 Å². The maximum atomic E-state index is 12.9. The van der Waals surface area contributed by atoms with Crippen molar-refractivity contribution in [1.29, 1.82) is 0 Å². The molecule has 0 saturated carbocycles. The highest BCUT2D eigenvalue weighted by atomic mass is 19.1. The lowest BCUT2D eigenvalue weighted by Crippen LogP contribution is -2.10. The molecule has 4 nitrogen and oxygen atoms in total. The van der Waals surface area contributed by atoms with Crippen molar-refractivity contribution < 1.29 is 14.3 Å². The molecule has 5 heteroatoms. The van der Waals surface area contributed by atoms with Gasteiger partial charge in [0.05, 0.1) is 12.2 Å². The molecular weight excluding hydrogens is 283 g/mol. The van der Waals surface area contributed by atoms with E-state index in [-0.39, 0.29) is 18.1 Å². The van der Waals surface area contributed by atoms with E-state index >= 15 is 0 Å². The maximum absolute atomic E-state index is 12.9. The summed E-state index contributed by atoms with van der Waals surface area (Å²) in [4.78, 5) is 11.4. The van der Waals surface area contributed by atoms with Crippen molar-refractivity contribution >= 4 is 5.97 Å². The summed E-state index contributed by atoms with van der Waals surface area (Å²) in [6, 6.07) is 16.8. The van der Waals surface area contributed by atoms with Gasteiger partial charge in [0.1, 0.15) is 11.5 Å². The Morgan fingerprint density at radius 1 is 1.09 bits per heavy atom. The van der Waals surface area contributed by atoms with Crippen molar-refractivity contribution in [3.05, 3.63) is 77.7 Å². The first kappa shape index (κ1) is 14.0. The monoisotopic (exact) mass is 296 g/mol. The predicted octanol–water partition coefficient (Wildman–Crippen LogP) is 3.44. The van der Waals surface area contributed by atoms with Crippen molar-refractivity contribution in [3.63, 3.8) is 0 Å². The third-order valence-electron chi connectivity index (χ3n) is 3.31. The number of rotatable bonds is 4. The number of carboxylic acids is 1. The Labute approximate surface area is 126 Å². The van der Waals surface area contributed by atoms with Gasteiger partial charge in [0, 0.05) is 5.56 Å². The number of aromatic carboxylic acids is 1. The molecule has 0 aliphatic heterocycles. The van der Waals surface area contributed by atoms with Crippen LogP contribution in [0.25, 0.3) is 11.3 Å². The summed E-state index contributed by atoms with van der Waals surface area (Å²) < 4.78 is 14.4. The quantitative estimate of drug-likeness (QED) is 0.802. The number of hydrogen-bond acceptors (Lipinski definition) is 2. The molecular formula is C17H13FN2O2. The van der Waals surface area contributed by atoms with Gasteiger partial charge >= 0.3 is 5.97 Å². The average molecular weight is 296 g/mol. The molecule has 0 saturated heterocycles. The van der Waals surface area contributed by atoms with E-state index < -0.39 is 5.97 Å². The van der Waals surface area contributed by atoms with E-state index in [1.54, 1.807) is 18.2 Å². The Morgan fingerprint density at radius 2 is 1.77 bits per heavy atom. The Morgan fingerprint density at radius 3 is 2.41 bits per heavy atom. The van der Waals surface area contributed by atoms with Crippen LogP contribution in [-0.2, 0) is 6.54 Å².